The Balaban J connectivity index is 1.56. The van der Waals surface area contributed by atoms with Crippen LogP contribution in [-0.4, -0.2) is 20.9 Å². The van der Waals surface area contributed by atoms with Crippen LogP contribution in [0.4, 0.5) is 13.2 Å². The van der Waals surface area contributed by atoms with Crippen LogP contribution in [0.2, 0.25) is 0 Å². The number of sulfonamides is 1. The molecule has 0 unspecified atom stereocenters. The number of furan rings is 1. The van der Waals surface area contributed by atoms with E-state index >= 15 is 0 Å². The number of carbonyl (C=O) groups excluding carboxylic acids is 1. The van der Waals surface area contributed by atoms with Crippen molar-refractivity contribution in [3.8, 4) is 11.8 Å². The van der Waals surface area contributed by atoms with Gasteiger partial charge in [0.1, 0.15) is 5.76 Å². The lowest BCUT2D eigenvalue weighted by Gasteiger charge is -2.07. The van der Waals surface area contributed by atoms with Gasteiger partial charge in [-0.1, -0.05) is 17.9 Å². The summed E-state index contributed by atoms with van der Waals surface area (Å²) < 4.78 is 70.2. The molecular formula is C22H17F3N2O4S. The fourth-order valence-electron chi connectivity index (χ4n) is 2.59. The van der Waals surface area contributed by atoms with Gasteiger partial charge < -0.3 is 9.73 Å². The van der Waals surface area contributed by atoms with Crippen LogP contribution in [0.15, 0.2) is 76.2 Å². The fourth-order valence-corrected chi connectivity index (χ4v) is 3.59. The third kappa shape index (κ3) is 6.23. The zero-order valence-corrected chi connectivity index (χ0v) is 17.3. The average molecular weight is 462 g/mol. The van der Waals surface area contributed by atoms with Crippen LogP contribution in [0.5, 0.6) is 0 Å². The molecule has 6 nitrogen and oxygen atoms in total. The van der Waals surface area contributed by atoms with Crippen LogP contribution in [0.3, 0.4) is 0 Å². The van der Waals surface area contributed by atoms with Crippen LogP contribution in [0.1, 0.15) is 27.2 Å². The minimum atomic E-state index is -4.46. The Hall–Kier alpha value is -3.55. The Morgan fingerprint density at radius 3 is 2.44 bits per heavy atom. The Morgan fingerprint density at radius 1 is 1.03 bits per heavy atom. The minimum absolute atomic E-state index is 0.0118. The van der Waals surface area contributed by atoms with Gasteiger partial charge in [0.05, 0.1) is 29.8 Å². The fraction of sp³-hybridized carbons (Fsp3) is 0.136. The van der Waals surface area contributed by atoms with E-state index in [1.54, 1.807) is 12.1 Å². The van der Waals surface area contributed by atoms with E-state index in [9.17, 15) is 26.4 Å². The van der Waals surface area contributed by atoms with Gasteiger partial charge in [-0.25, -0.2) is 13.1 Å². The van der Waals surface area contributed by atoms with Crippen molar-refractivity contribution >= 4 is 15.9 Å². The highest BCUT2D eigenvalue weighted by atomic mass is 32.2. The zero-order chi connectivity index (χ0) is 23.2. The molecule has 0 aliphatic carbocycles. The summed E-state index contributed by atoms with van der Waals surface area (Å²) in [5.74, 6) is 5.09. The minimum Gasteiger partial charge on any atom is -0.468 e. The maximum Gasteiger partial charge on any atom is 0.416 e. The van der Waals surface area contributed by atoms with Crippen molar-refractivity contribution in [2.45, 2.75) is 17.6 Å². The number of rotatable bonds is 6. The predicted molar refractivity (Wildman–Crippen MR) is 110 cm³/mol. The molecule has 0 atom stereocenters. The number of benzene rings is 2. The monoisotopic (exact) mass is 462 g/mol. The van der Waals surface area contributed by atoms with Gasteiger partial charge in [0.15, 0.2) is 0 Å². The van der Waals surface area contributed by atoms with E-state index in [-0.39, 0.29) is 29.1 Å². The Labute approximate surface area is 182 Å². The zero-order valence-electron chi connectivity index (χ0n) is 16.4. The molecule has 0 aliphatic heterocycles. The van der Waals surface area contributed by atoms with Gasteiger partial charge >= 0.3 is 6.18 Å². The lowest BCUT2D eigenvalue weighted by Crippen LogP contribution is -2.25. The molecule has 0 radical (unpaired) electrons. The predicted octanol–water partition coefficient (Wildman–Crippen LogP) is 3.56. The molecule has 166 valence electrons. The topological polar surface area (TPSA) is 88.4 Å². The molecule has 1 amide bonds. The highest BCUT2D eigenvalue weighted by molar-refractivity contribution is 7.89. The van der Waals surface area contributed by atoms with Gasteiger partial charge in [-0.15, -0.1) is 0 Å². The second kappa shape index (κ2) is 9.72. The number of nitrogens with one attached hydrogen (secondary N) is 2. The maximum absolute atomic E-state index is 12.7. The second-order valence-corrected chi connectivity index (χ2v) is 8.26. The van der Waals surface area contributed by atoms with Crippen molar-refractivity contribution in [2.75, 3.05) is 6.54 Å². The summed E-state index contributed by atoms with van der Waals surface area (Å²) in [6.45, 7) is -0.109. The molecule has 10 heteroatoms. The van der Waals surface area contributed by atoms with Gasteiger partial charge in [0.2, 0.25) is 10.0 Å². The highest BCUT2D eigenvalue weighted by Gasteiger charge is 2.30. The number of amides is 1. The van der Waals surface area contributed by atoms with Crippen molar-refractivity contribution in [3.05, 3.63) is 89.4 Å². The first-order valence-electron chi connectivity index (χ1n) is 9.21. The number of hydrogen-bond acceptors (Lipinski definition) is 4. The normalized spacial score (nSPS) is 11.5. The van der Waals surface area contributed by atoms with E-state index < -0.39 is 27.7 Å². The van der Waals surface area contributed by atoms with Crippen molar-refractivity contribution in [1.29, 1.82) is 0 Å². The maximum atomic E-state index is 12.7. The Kier molecular flexibility index (Phi) is 7.02. The van der Waals surface area contributed by atoms with Crippen LogP contribution in [0, 0.1) is 11.8 Å². The summed E-state index contributed by atoms with van der Waals surface area (Å²) in [6.07, 6.45) is -3.03. The van der Waals surface area contributed by atoms with Crippen molar-refractivity contribution in [1.82, 2.24) is 10.0 Å². The molecule has 0 aliphatic rings. The van der Waals surface area contributed by atoms with Gasteiger partial charge in [-0.05, 0) is 54.6 Å². The molecule has 0 fully saturated rings. The number of halogens is 3. The van der Waals surface area contributed by atoms with E-state index in [1.165, 1.54) is 42.7 Å². The van der Waals surface area contributed by atoms with E-state index in [1.807, 2.05) is 0 Å². The first-order valence-corrected chi connectivity index (χ1v) is 10.7. The molecule has 0 spiro atoms. The van der Waals surface area contributed by atoms with Crippen molar-refractivity contribution in [3.63, 3.8) is 0 Å². The molecule has 32 heavy (non-hydrogen) atoms. The van der Waals surface area contributed by atoms with Gasteiger partial charge in [0, 0.05) is 11.1 Å². The SMILES string of the molecule is O=C(NCC#Cc1cccc(C(F)(F)F)c1)c1ccc(S(=O)(=O)NCc2ccco2)cc1. The molecule has 2 N–H and O–H groups in total. The molecular weight excluding hydrogens is 445 g/mol. The van der Waals surface area contributed by atoms with Gasteiger partial charge in [-0.3, -0.25) is 4.79 Å². The molecule has 0 saturated heterocycles. The summed E-state index contributed by atoms with van der Waals surface area (Å²) in [7, 11) is -3.79. The van der Waals surface area contributed by atoms with Crippen LogP contribution in [-0.2, 0) is 22.7 Å². The third-order valence-corrected chi connectivity index (χ3v) is 5.62. The van der Waals surface area contributed by atoms with E-state index in [0.29, 0.717) is 5.76 Å². The highest BCUT2D eigenvalue weighted by Crippen LogP contribution is 2.29. The smallest absolute Gasteiger partial charge is 0.416 e. The number of carbonyl (C=O) groups is 1. The van der Waals surface area contributed by atoms with Gasteiger partial charge in [0.25, 0.3) is 5.91 Å². The lowest BCUT2D eigenvalue weighted by atomic mass is 10.1. The first kappa shape index (κ1) is 23.1. The molecule has 0 bridgehead atoms. The molecule has 3 aromatic rings. The molecule has 1 heterocycles. The van der Waals surface area contributed by atoms with Crippen LogP contribution >= 0.6 is 0 Å². The number of alkyl halides is 3. The second-order valence-electron chi connectivity index (χ2n) is 6.49. The summed E-state index contributed by atoms with van der Waals surface area (Å²) in [4.78, 5) is 12.2. The van der Waals surface area contributed by atoms with Crippen molar-refractivity contribution < 1.29 is 30.8 Å². The molecule has 2 aromatic carbocycles. The van der Waals surface area contributed by atoms with E-state index in [2.05, 4.69) is 21.9 Å². The Morgan fingerprint density at radius 2 is 1.78 bits per heavy atom. The summed E-state index contributed by atoms with van der Waals surface area (Å²) in [6, 6.07) is 13.1. The Bertz CT molecular complexity index is 1240. The molecule has 0 saturated carbocycles. The quantitative estimate of drug-likeness (QED) is 0.549. The standard InChI is InChI=1S/C22H17F3N2O4S/c23-22(24,25)18-6-1-4-16(14-18)5-2-12-26-21(28)17-8-10-20(11-9-17)32(29,30)27-15-19-7-3-13-31-19/h1,3-4,6-11,13-14,27H,12,15H2,(H,26,28). The lowest BCUT2D eigenvalue weighted by molar-refractivity contribution is -0.137. The average Bonchev–Trinajstić information content (AvgIpc) is 3.29. The molecule has 3 rings (SSSR count). The van der Waals surface area contributed by atoms with E-state index in [0.717, 1.165) is 12.1 Å². The van der Waals surface area contributed by atoms with Crippen LogP contribution in [0.25, 0.3) is 0 Å². The van der Waals surface area contributed by atoms with Crippen molar-refractivity contribution in [2.24, 2.45) is 0 Å². The summed E-state index contributed by atoms with van der Waals surface area (Å²) in [5, 5.41) is 2.50. The van der Waals surface area contributed by atoms with Crippen LogP contribution < -0.4 is 10.0 Å². The summed E-state index contributed by atoms with van der Waals surface area (Å²) in [5.41, 5.74) is -0.427. The largest absolute Gasteiger partial charge is 0.468 e. The third-order valence-electron chi connectivity index (χ3n) is 4.20. The number of hydrogen-bond donors (Lipinski definition) is 2. The first-order chi connectivity index (χ1) is 15.1. The molecule has 1 aromatic heterocycles. The van der Waals surface area contributed by atoms with E-state index in [4.69, 9.17) is 4.42 Å². The summed E-state index contributed by atoms with van der Waals surface area (Å²) >= 11 is 0. The van der Waals surface area contributed by atoms with Gasteiger partial charge in [-0.2, -0.15) is 13.2 Å².